The zero-order valence-corrected chi connectivity index (χ0v) is 13.4. The third-order valence-corrected chi connectivity index (χ3v) is 5.93. The number of pyridine rings is 1. The molecular weight excluding hydrogens is 300 g/mol. The Morgan fingerprint density at radius 3 is 2.77 bits per heavy atom. The molecule has 1 fully saturated rings. The first-order valence-corrected chi connectivity index (χ1v) is 8.90. The second-order valence-corrected chi connectivity index (χ2v) is 7.52. The van der Waals surface area contributed by atoms with Crippen LogP contribution in [0.5, 0.6) is 0 Å². The number of nitrogens with zero attached hydrogens (tertiary/aromatic N) is 4. The van der Waals surface area contributed by atoms with Crippen LogP contribution < -0.4 is 0 Å². The fourth-order valence-corrected chi connectivity index (χ4v) is 4.63. The van der Waals surface area contributed by atoms with Crippen molar-refractivity contribution in [1.29, 1.82) is 0 Å². The minimum Gasteiger partial charge on any atom is -0.339 e. The van der Waals surface area contributed by atoms with Gasteiger partial charge in [-0.25, -0.2) is 13.4 Å². The molecule has 22 heavy (non-hydrogen) atoms. The van der Waals surface area contributed by atoms with Crippen molar-refractivity contribution < 1.29 is 8.42 Å². The molecule has 1 atom stereocenters. The van der Waals surface area contributed by atoms with Gasteiger partial charge in [-0.1, -0.05) is 0 Å². The van der Waals surface area contributed by atoms with Crippen LogP contribution in [0.25, 0.3) is 0 Å². The number of imidazole rings is 1. The normalized spacial score (nSPS) is 19.6. The molecule has 118 valence electrons. The molecule has 2 aromatic heterocycles. The largest absolute Gasteiger partial charge is 0.339 e. The second kappa shape index (κ2) is 6.18. The molecule has 3 heterocycles. The zero-order chi connectivity index (χ0) is 15.6. The molecule has 0 unspecified atom stereocenters. The van der Waals surface area contributed by atoms with Crippen LogP contribution in [-0.4, -0.2) is 39.8 Å². The lowest BCUT2D eigenvalue weighted by atomic mass is 10.1. The first-order chi connectivity index (χ1) is 10.6. The average molecular weight is 320 g/mol. The van der Waals surface area contributed by atoms with E-state index in [0.29, 0.717) is 6.54 Å². The first-order valence-electron chi connectivity index (χ1n) is 7.46. The monoisotopic (exact) mass is 320 g/mol. The number of hydrogen-bond acceptors (Lipinski definition) is 4. The Kier molecular flexibility index (Phi) is 4.26. The van der Waals surface area contributed by atoms with Crippen molar-refractivity contribution in [2.75, 3.05) is 6.54 Å². The van der Waals surface area contributed by atoms with Gasteiger partial charge in [-0.05, 0) is 43.4 Å². The van der Waals surface area contributed by atoms with Crippen LogP contribution in [0.4, 0.5) is 0 Å². The van der Waals surface area contributed by atoms with Gasteiger partial charge in [0.2, 0.25) is 0 Å². The van der Waals surface area contributed by atoms with Gasteiger partial charge in [0.15, 0.2) is 5.03 Å². The fraction of sp³-hybridized carbons (Fsp3) is 0.467. The van der Waals surface area contributed by atoms with Gasteiger partial charge in [0.25, 0.3) is 10.0 Å². The molecule has 0 bridgehead atoms. The molecule has 0 spiro atoms. The van der Waals surface area contributed by atoms with E-state index in [4.69, 9.17) is 0 Å². The summed E-state index contributed by atoms with van der Waals surface area (Å²) in [5.41, 5.74) is 1.19. The lowest BCUT2D eigenvalue weighted by molar-refractivity contribution is 0.369. The molecule has 1 aliphatic rings. The number of rotatable bonds is 5. The summed E-state index contributed by atoms with van der Waals surface area (Å²) in [6.07, 6.45) is 10.1. The van der Waals surface area contributed by atoms with E-state index in [1.165, 1.54) is 11.9 Å². The zero-order valence-electron chi connectivity index (χ0n) is 12.6. The highest BCUT2D eigenvalue weighted by Crippen LogP contribution is 2.27. The van der Waals surface area contributed by atoms with Crippen LogP contribution in [0.1, 0.15) is 24.8 Å². The summed E-state index contributed by atoms with van der Waals surface area (Å²) in [4.78, 5) is 8.01. The molecule has 0 aromatic carbocycles. The van der Waals surface area contributed by atoms with E-state index in [1.54, 1.807) is 34.5 Å². The molecule has 2 aromatic rings. The SMILES string of the molecule is Cn1cnc(S(=O)(=O)N2CCC[C@H]2CCc2ccncc2)c1. The van der Waals surface area contributed by atoms with Crippen molar-refractivity contribution in [1.82, 2.24) is 18.8 Å². The molecule has 7 heteroatoms. The van der Waals surface area contributed by atoms with Gasteiger partial charge in [-0.2, -0.15) is 4.31 Å². The third-order valence-electron chi connectivity index (χ3n) is 4.09. The highest BCUT2D eigenvalue weighted by Gasteiger charge is 2.36. The van der Waals surface area contributed by atoms with Gasteiger partial charge in [0.1, 0.15) is 0 Å². The summed E-state index contributed by atoms with van der Waals surface area (Å²) in [7, 11) is -1.71. The Labute approximate surface area is 130 Å². The summed E-state index contributed by atoms with van der Waals surface area (Å²) >= 11 is 0. The average Bonchev–Trinajstić information content (AvgIpc) is 3.15. The van der Waals surface area contributed by atoms with E-state index in [2.05, 4.69) is 9.97 Å². The summed E-state index contributed by atoms with van der Waals surface area (Å²) < 4.78 is 28.7. The van der Waals surface area contributed by atoms with Crippen molar-refractivity contribution in [3.63, 3.8) is 0 Å². The van der Waals surface area contributed by atoms with Crippen LogP contribution in [0.3, 0.4) is 0 Å². The maximum atomic E-state index is 12.7. The van der Waals surface area contributed by atoms with Crippen LogP contribution in [0, 0.1) is 0 Å². The standard InChI is InChI=1S/C15H20N4O2S/c1-18-11-15(17-12-18)22(20,21)19-10-2-3-14(19)5-4-13-6-8-16-9-7-13/h6-9,11-12,14H,2-5,10H2,1H3/t14-/m0/s1. The predicted octanol–water partition coefficient (Wildman–Crippen LogP) is 1.60. The van der Waals surface area contributed by atoms with E-state index in [0.717, 1.165) is 25.7 Å². The van der Waals surface area contributed by atoms with Gasteiger partial charge >= 0.3 is 0 Å². The molecule has 1 saturated heterocycles. The second-order valence-electron chi connectivity index (χ2n) is 5.68. The molecule has 0 radical (unpaired) electrons. The third kappa shape index (κ3) is 3.05. The molecule has 0 saturated carbocycles. The number of aryl methyl sites for hydroxylation is 2. The van der Waals surface area contributed by atoms with Gasteiger partial charge < -0.3 is 4.57 Å². The topological polar surface area (TPSA) is 68.1 Å². The van der Waals surface area contributed by atoms with Crippen molar-refractivity contribution in [3.8, 4) is 0 Å². The van der Waals surface area contributed by atoms with Gasteiger partial charge in [-0.15, -0.1) is 0 Å². The number of aromatic nitrogens is 3. The maximum Gasteiger partial charge on any atom is 0.262 e. The van der Waals surface area contributed by atoms with Crippen LogP contribution in [0.15, 0.2) is 42.1 Å². The molecular formula is C15H20N4O2S. The Balaban J connectivity index is 1.73. The lowest BCUT2D eigenvalue weighted by Crippen LogP contribution is -2.36. The van der Waals surface area contributed by atoms with Crippen molar-refractivity contribution in [2.45, 2.75) is 36.8 Å². The number of sulfonamides is 1. The van der Waals surface area contributed by atoms with E-state index in [1.807, 2.05) is 12.1 Å². The minimum atomic E-state index is -3.48. The first kappa shape index (κ1) is 15.2. The molecule has 6 nitrogen and oxygen atoms in total. The Morgan fingerprint density at radius 1 is 1.32 bits per heavy atom. The number of hydrogen-bond donors (Lipinski definition) is 0. The quantitative estimate of drug-likeness (QED) is 0.839. The smallest absolute Gasteiger partial charge is 0.262 e. The molecule has 0 amide bonds. The van der Waals surface area contributed by atoms with Crippen LogP contribution in [-0.2, 0) is 23.5 Å². The summed E-state index contributed by atoms with van der Waals surface area (Å²) in [6, 6.07) is 4.01. The predicted molar refractivity (Wildman–Crippen MR) is 82.7 cm³/mol. The fourth-order valence-electron chi connectivity index (χ4n) is 2.94. The lowest BCUT2D eigenvalue weighted by Gasteiger charge is -2.23. The van der Waals surface area contributed by atoms with Crippen molar-refractivity contribution in [2.24, 2.45) is 7.05 Å². The van der Waals surface area contributed by atoms with E-state index in [-0.39, 0.29) is 11.1 Å². The van der Waals surface area contributed by atoms with Crippen LogP contribution >= 0.6 is 0 Å². The highest BCUT2D eigenvalue weighted by atomic mass is 32.2. The van der Waals surface area contributed by atoms with E-state index < -0.39 is 10.0 Å². The summed E-state index contributed by atoms with van der Waals surface area (Å²) in [6.45, 7) is 0.583. The van der Waals surface area contributed by atoms with E-state index in [9.17, 15) is 8.42 Å². The molecule has 3 rings (SSSR count). The minimum absolute atomic E-state index is 0.0557. The highest BCUT2D eigenvalue weighted by molar-refractivity contribution is 7.89. The summed E-state index contributed by atoms with van der Waals surface area (Å²) in [5, 5.41) is 0.144. The van der Waals surface area contributed by atoms with Crippen molar-refractivity contribution >= 4 is 10.0 Å². The van der Waals surface area contributed by atoms with Crippen molar-refractivity contribution in [3.05, 3.63) is 42.6 Å². The summed E-state index contributed by atoms with van der Waals surface area (Å²) in [5.74, 6) is 0. The van der Waals surface area contributed by atoms with E-state index >= 15 is 0 Å². The Bertz CT molecular complexity index is 727. The van der Waals surface area contributed by atoms with Crippen LogP contribution in [0.2, 0.25) is 0 Å². The Morgan fingerprint density at radius 2 is 2.09 bits per heavy atom. The van der Waals surface area contributed by atoms with Gasteiger partial charge in [0.05, 0.1) is 6.33 Å². The molecule has 1 aliphatic heterocycles. The van der Waals surface area contributed by atoms with Gasteiger partial charge in [-0.3, -0.25) is 4.98 Å². The maximum absolute atomic E-state index is 12.7. The Hall–Kier alpha value is -1.73. The molecule has 0 N–H and O–H groups in total. The van der Waals surface area contributed by atoms with Gasteiger partial charge in [0, 0.05) is 38.2 Å². The molecule has 0 aliphatic carbocycles.